The van der Waals surface area contributed by atoms with E-state index in [9.17, 15) is 5.11 Å². The van der Waals surface area contributed by atoms with Crippen molar-refractivity contribution in [3.05, 3.63) is 66.4 Å². The third kappa shape index (κ3) is 4.31. The summed E-state index contributed by atoms with van der Waals surface area (Å²) in [6.45, 7) is 6.11. The Morgan fingerprint density at radius 1 is 1.33 bits per heavy atom. The molecule has 1 aromatic carbocycles. The molecule has 0 fully saturated rings. The zero-order valence-corrected chi connectivity index (χ0v) is 13.1. The van der Waals surface area contributed by atoms with Crippen LogP contribution in [-0.4, -0.2) is 5.11 Å². The van der Waals surface area contributed by atoms with Crippen molar-refractivity contribution in [1.82, 2.24) is 0 Å². The van der Waals surface area contributed by atoms with Crippen molar-refractivity contribution in [2.24, 2.45) is 0 Å². The van der Waals surface area contributed by atoms with Gasteiger partial charge in [-0.2, -0.15) is 0 Å². The number of hydrogen-bond donors (Lipinski definition) is 2. The lowest BCUT2D eigenvalue weighted by Gasteiger charge is -2.07. The summed E-state index contributed by atoms with van der Waals surface area (Å²) in [5.74, 6) is 0. The summed E-state index contributed by atoms with van der Waals surface area (Å²) in [5, 5.41) is 13.9. The fraction of sp³-hybridized carbons (Fsp3) is 0.222. The number of rotatable bonds is 7. The molecule has 0 saturated carbocycles. The van der Waals surface area contributed by atoms with Crippen LogP contribution in [0.1, 0.15) is 25.3 Å². The van der Waals surface area contributed by atoms with Gasteiger partial charge in [0.2, 0.25) is 0 Å². The van der Waals surface area contributed by atoms with Crippen molar-refractivity contribution in [3.8, 4) is 10.4 Å². The Hall–Kier alpha value is -1.84. The van der Waals surface area contributed by atoms with Gasteiger partial charge < -0.3 is 10.4 Å². The number of anilines is 1. The molecule has 2 N–H and O–H groups in total. The molecular formula is C18H21NOS. The molecule has 21 heavy (non-hydrogen) atoms. The minimum atomic E-state index is 0.0355. The topological polar surface area (TPSA) is 32.3 Å². The van der Waals surface area contributed by atoms with E-state index >= 15 is 0 Å². The minimum absolute atomic E-state index is 0.0355. The lowest BCUT2D eigenvalue weighted by atomic mass is 10.1. The average molecular weight is 299 g/mol. The van der Waals surface area contributed by atoms with E-state index in [1.54, 1.807) is 11.3 Å². The lowest BCUT2D eigenvalue weighted by molar-refractivity contribution is 0.283. The van der Waals surface area contributed by atoms with Crippen molar-refractivity contribution < 1.29 is 5.11 Å². The summed E-state index contributed by atoms with van der Waals surface area (Å²) in [6, 6.07) is 12.3. The van der Waals surface area contributed by atoms with Crippen LogP contribution in [0.2, 0.25) is 0 Å². The van der Waals surface area contributed by atoms with Crippen molar-refractivity contribution >= 4 is 16.3 Å². The zero-order chi connectivity index (χ0) is 15.1. The molecule has 0 aliphatic carbocycles. The Morgan fingerprint density at radius 3 is 2.76 bits per heavy atom. The number of thiophene rings is 1. The summed E-state index contributed by atoms with van der Waals surface area (Å²) >= 11 is 1.65. The van der Waals surface area contributed by atoms with Gasteiger partial charge >= 0.3 is 0 Å². The van der Waals surface area contributed by atoms with Crippen LogP contribution in [-0.2, 0) is 6.61 Å². The van der Waals surface area contributed by atoms with Crippen LogP contribution in [0.3, 0.4) is 0 Å². The maximum absolute atomic E-state index is 9.53. The quantitative estimate of drug-likeness (QED) is 0.690. The second kappa shape index (κ2) is 7.81. The van der Waals surface area contributed by atoms with Crippen LogP contribution in [0.5, 0.6) is 0 Å². The lowest BCUT2D eigenvalue weighted by Crippen LogP contribution is -1.98. The molecule has 2 aromatic rings. The predicted octanol–water partition coefficient (Wildman–Crippen LogP) is 5.19. The van der Waals surface area contributed by atoms with E-state index in [0.717, 1.165) is 34.0 Å². The molecule has 1 aromatic heterocycles. The van der Waals surface area contributed by atoms with Gasteiger partial charge in [-0.05, 0) is 31.4 Å². The second-order valence-corrected chi connectivity index (χ2v) is 5.88. The molecule has 3 heteroatoms. The fourth-order valence-corrected chi connectivity index (χ4v) is 3.17. The summed E-state index contributed by atoms with van der Waals surface area (Å²) in [7, 11) is 0. The van der Waals surface area contributed by atoms with E-state index in [0.29, 0.717) is 0 Å². The van der Waals surface area contributed by atoms with Gasteiger partial charge in [0, 0.05) is 16.1 Å². The first-order valence-electron chi connectivity index (χ1n) is 7.09. The van der Waals surface area contributed by atoms with Crippen molar-refractivity contribution in [2.45, 2.75) is 26.4 Å². The summed E-state index contributed by atoms with van der Waals surface area (Å²) in [5.41, 5.74) is 3.07. The average Bonchev–Trinajstić information content (AvgIpc) is 2.91. The number of nitrogens with one attached hydrogen (secondary N) is 1. The predicted molar refractivity (Wildman–Crippen MR) is 92.5 cm³/mol. The monoisotopic (exact) mass is 299 g/mol. The largest absolute Gasteiger partial charge is 0.392 e. The fourth-order valence-electron chi connectivity index (χ4n) is 2.04. The van der Waals surface area contributed by atoms with Crippen LogP contribution < -0.4 is 5.32 Å². The van der Waals surface area contributed by atoms with Gasteiger partial charge in [0.05, 0.1) is 11.6 Å². The standard InChI is InChI=1S/C18H21NOS/c1-3-4-6-9-14(2)19-18-16(13-20)12-17(21-18)15-10-7-5-8-11-15/h3-5,7-8,10-12,19-20H,2,6,9,13H2,1H3/b4-3-. The van der Waals surface area contributed by atoms with E-state index in [1.807, 2.05) is 37.3 Å². The Bertz CT molecular complexity index is 613. The maximum atomic E-state index is 9.53. The number of allylic oxidation sites excluding steroid dienone is 3. The highest BCUT2D eigenvalue weighted by molar-refractivity contribution is 7.19. The van der Waals surface area contributed by atoms with Crippen LogP contribution in [0, 0.1) is 0 Å². The smallest absolute Gasteiger partial charge is 0.0986 e. The molecule has 2 rings (SSSR count). The van der Waals surface area contributed by atoms with Gasteiger partial charge in [-0.1, -0.05) is 49.1 Å². The van der Waals surface area contributed by atoms with Crippen molar-refractivity contribution in [2.75, 3.05) is 5.32 Å². The molecule has 0 aliphatic rings. The zero-order valence-electron chi connectivity index (χ0n) is 12.3. The third-order valence-corrected chi connectivity index (χ3v) is 4.32. The number of benzene rings is 1. The van der Waals surface area contributed by atoms with E-state index in [1.165, 1.54) is 5.56 Å². The first-order chi connectivity index (χ1) is 10.2. The molecule has 0 saturated heterocycles. The normalized spacial score (nSPS) is 11.0. The Morgan fingerprint density at radius 2 is 2.10 bits per heavy atom. The van der Waals surface area contributed by atoms with E-state index < -0.39 is 0 Å². The Kier molecular flexibility index (Phi) is 5.78. The third-order valence-electron chi connectivity index (χ3n) is 3.18. The highest BCUT2D eigenvalue weighted by atomic mass is 32.1. The van der Waals surface area contributed by atoms with Gasteiger partial charge in [-0.3, -0.25) is 0 Å². The molecule has 110 valence electrons. The van der Waals surface area contributed by atoms with E-state index in [4.69, 9.17) is 0 Å². The molecule has 0 amide bonds. The molecule has 1 heterocycles. The van der Waals surface area contributed by atoms with Gasteiger partial charge in [-0.15, -0.1) is 11.3 Å². The molecule has 0 radical (unpaired) electrons. The van der Waals surface area contributed by atoms with Gasteiger partial charge in [0.15, 0.2) is 0 Å². The first kappa shape index (κ1) is 15.5. The summed E-state index contributed by atoms with van der Waals surface area (Å²) in [6.07, 6.45) is 6.05. The van der Waals surface area contributed by atoms with Crippen LogP contribution >= 0.6 is 11.3 Å². The number of hydrogen-bond acceptors (Lipinski definition) is 3. The number of aliphatic hydroxyl groups is 1. The van der Waals surface area contributed by atoms with Crippen LogP contribution in [0.4, 0.5) is 5.00 Å². The molecular weight excluding hydrogens is 278 g/mol. The van der Waals surface area contributed by atoms with Crippen molar-refractivity contribution in [1.29, 1.82) is 0 Å². The van der Waals surface area contributed by atoms with Crippen LogP contribution in [0.15, 0.2) is 60.8 Å². The minimum Gasteiger partial charge on any atom is -0.392 e. The highest BCUT2D eigenvalue weighted by Crippen LogP contribution is 2.36. The second-order valence-electron chi connectivity index (χ2n) is 4.83. The molecule has 2 nitrogen and oxygen atoms in total. The molecule has 0 aliphatic heterocycles. The summed E-state index contributed by atoms with van der Waals surface area (Å²) < 4.78 is 0. The van der Waals surface area contributed by atoms with E-state index in [-0.39, 0.29) is 6.61 Å². The van der Waals surface area contributed by atoms with Crippen LogP contribution in [0.25, 0.3) is 10.4 Å². The molecule has 0 spiro atoms. The highest BCUT2D eigenvalue weighted by Gasteiger charge is 2.10. The van der Waals surface area contributed by atoms with Gasteiger partial charge in [0.1, 0.15) is 0 Å². The Labute approximate surface area is 130 Å². The molecule has 0 atom stereocenters. The summed E-state index contributed by atoms with van der Waals surface area (Å²) in [4.78, 5) is 1.16. The Balaban J connectivity index is 2.12. The SMILES string of the molecule is C=C(CC/C=C\C)Nc1sc(-c2ccccc2)cc1CO. The van der Waals surface area contributed by atoms with Gasteiger partial charge in [0.25, 0.3) is 0 Å². The van der Waals surface area contributed by atoms with Gasteiger partial charge in [-0.25, -0.2) is 0 Å². The molecule has 0 unspecified atom stereocenters. The molecule has 0 bridgehead atoms. The van der Waals surface area contributed by atoms with E-state index in [2.05, 4.69) is 30.1 Å². The maximum Gasteiger partial charge on any atom is 0.0986 e. The number of aliphatic hydroxyl groups excluding tert-OH is 1. The van der Waals surface area contributed by atoms with Crippen molar-refractivity contribution in [3.63, 3.8) is 0 Å². The first-order valence-corrected chi connectivity index (χ1v) is 7.91.